The van der Waals surface area contributed by atoms with Gasteiger partial charge in [0.25, 0.3) is 5.09 Å². The number of benzene rings is 2. The number of rotatable bonds is 8. The van der Waals surface area contributed by atoms with E-state index in [9.17, 15) is 19.7 Å². The van der Waals surface area contributed by atoms with Crippen molar-refractivity contribution in [2.75, 3.05) is 13.2 Å². The van der Waals surface area contributed by atoms with Gasteiger partial charge in [0.15, 0.2) is 5.78 Å². The zero-order valence-corrected chi connectivity index (χ0v) is 14.0. The summed E-state index contributed by atoms with van der Waals surface area (Å²) in [6, 6.07) is 17.1. The van der Waals surface area contributed by atoms with Crippen LogP contribution in [-0.4, -0.2) is 35.1 Å². The van der Waals surface area contributed by atoms with Crippen LogP contribution in [-0.2, 0) is 9.63 Å². The first kappa shape index (κ1) is 20.8. The number of nitrogens with zero attached hydrogens (tertiary/aromatic N) is 1. The largest absolute Gasteiger partial charge is 0.481 e. The lowest BCUT2D eigenvalue weighted by Crippen LogP contribution is -2.11. The molecule has 0 saturated carbocycles. The van der Waals surface area contributed by atoms with E-state index < -0.39 is 11.1 Å². The third-order valence-corrected chi connectivity index (χ3v) is 3.19. The molecule has 8 nitrogen and oxygen atoms in total. The van der Waals surface area contributed by atoms with Crippen molar-refractivity contribution >= 4 is 11.8 Å². The molecule has 2 rings (SSSR count). The molecule has 0 radical (unpaired) electrons. The van der Waals surface area contributed by atoms with Gasteiger partial charge in [-0.1, -0.05) is 54.6 Å². The van der Waals surface area contributed by atoms with Crippen molar-refractivity contribution < 1.29 is 24.6 Å². The average molecular weight is 360 g/mol. The van der Waals surface area contributed by atoms with Crippen LogP contribution in [0.15, 0.2) is 54.6 Å². The number of ketones is 1. The van der Waals surface area contributed by atoms with Crippen molar-refractivity contribution in [3.63, 3.8) is 0 Å². The monoisotopic (exact) mass is 360 g/mol. The molecule has 0 saturated heterocycles. The fraction of sp³-hybridized carbons (Fsp3) is 0.222. The van der Waals surface area contributed by atoms with Crippen LogP contribution < -0.4 is 5.73 Å². The Labute approximate surface area is 150 Å². The molecular formula is C18H20N2O6. The number of carbonyl (C=O) groups is 2. The second kappa shape index (κ2) is 11.3. The molecule has 8 heteroatoms. The molecule has 2 aromatic rings. The lowest BCUT2D eigenvalue weighted by Gasteiger charge is -2.03. The second-order valence-corrected chi connectivity index (χ2v) is 5.11. The molecule has 0 aliphatic carbocycles. The van der Waals surface area contributed by atoms with Crippen molar-refractivity contribution in [2.24, 2.45) is 5.73 Å². The maximum Gasteiger partial charge on any atom is 0.303 e. The van der Waals surface area contributed by atoms with Crippen molar-refractivity contribution in [3.05, 3.63) is 70.3 Å². The lowest BCUT2D eigenvalue weighted by molar-refractivity contribution is -0.757. The number of nitrogens with two attached hydrogens (primary N) is 1. The van der Waals surface area contributed by atoms with E-state index >= 15 is 0 Å². The summed E-state index contributed by atoms with van der Waals surface area (Å²) in [5.74, 6) is -1.09. The smallest absolute Gasteiger partial charge is 0.303 e. The first-order valence-corrected chi connectivity index (χ1v) is 7.82. The highest BCUT2D eigenvalue weighted by molar-refractivity contribution is 5.97. The number of carboxylic acid groups (broad SMARTS) is 1. The summed E-state index contributed by atoms with van der Waals surface area (Å²) >= 11 is 0. The Kier molecular flexibility index (Phi) is 9.05. The van der Waals surface area contributed by atoms with E-state index in [0.717, 1.165) is 11.1 Å². The Morgan fingerprint density at radius 3 is 2.04 bits per heavy atom. The van der Waals surface area contributed by atoms with Gasteiger partial charge in [-0.2, -0.15) is 0 Å². The summed E-state index contributed by atoms with van der Waals surface area (Å²) in [7, 11) is 0. The minimum Gasteiger partial charge on any atom is -0.481 e. The van der Waals surface area contributed by atoms with Crippen LogP contribution in [0.25, 0.3) is 11.1 Å². The molecule has 138 valence electrons. The van der Waals surface area contributed by atoms with Crippen molar-refractivity contribution in [2.45, 2.75) is 12.8 Å². The highest BCUT2D eigenvalue weighted by Crippen LogP contribution is 2.19. The Bertz CT molecular complexity index is 716. The number of aliphatic carboxylic acids is 1. The van der Waals surface area contributed by atoms with Crippen LogP contribution in [0.3, 0.4) is 0 Å². The average Bonchev–Trinajstić information content (AvgIpc) is 2.65. The molecule has 3 N–H and O–H groups in total. The standard InChI is InChI=1S/C16H14O3.C2H6N2O3/c17-15(10-11-16(18)19)14-8-6-13(7-9-14)12-4-2-1-3-5-12;3-1-2-7-4(5)6/h1-9H,10-11H2,(H,18,19);1-3H2. The minimum atomic E-state index is -0.950. The van der Waals surface area contributed by atoms with Gasteiger partial charge in [-0.25, -0.2) is 0 Å². The van der Waals surface area contributed by atoms with E-state index in [1.54, 1.807) is 12.1 Å². The van der Waals surface area contributed by atoms with E-state index in [4.69, 9.17) is 10.8 Å². The van der Waals surface area contributed by atoms with Crippen LogP contribution in [0.1, 0.15) is 23.2 Å². The van der Waals surface area contributed by atoms with Gasteiger partial charge in [0.2, 0.25) is 0 Å². The number of Topliss-reactive ketones (excluding diaryl/α,β-unsaturated/α-hetero) is 1. The minimum absolute atomic E-state index is 0.0208. The van der Waals surface area contributed by atoms with E-state index in [1.165, 1.54) is 0 Å². The SMILES string of the molecule is NCCO[N+](=O)[O-].O=C(O)CCC(=O)c1ccc(-c2ccccc2)cc1. The van der Waals surface area contributed by atoms with Crippen molar-refractivity contribution in [1.82, 2.24) is 0 Å². The van der Waals surface area contributed by atoms with Gasteiger partial charge in [0, 0.05) is 18.5 Å². The third kappa shape index (κ3) is 8.02. The Balaban J connectivity index is 0.000000412. The van der Waals surface area contributed by atoms with Gasteiger partial charge in [0.1, 0.15) is 6.61 Å². The molecule has 0 atom stereocenters. The third-order valence-electron chi connectivity index (χ3n) is 3.19. The number of hydrogen-bond acceptors (Lipinski definition) is 6. The van der Waals surface area contributed by atoms with Crippen molar-refractivity contribution in [1.29, 1.82) is 0 Å². The van der Waals surface area contributed by atoms with Gasteiger partial charge in [-0.05, 0) is 11.1 Å². The van der Waals surface area contributed by atoms with E-state index in [0.29, 0.717) is 5.56 Å². The summed E-state index contributed by atoms with van der Waals surface area (Å²) in [4.78, 5) is 35.2. The van der Waals surface area contributed by atoms with Crippen LogP contribution in [0.2, 0.25) is 0 Å². The predicted octanol–water partition coefficient (Wildman–Crippen LogP) is 2.55. The quantitative estimate of drug-likeness (QED) is 0.420. The fourth-order valence-electron chi connectivity index (χ4n) is 1.97. The summed E-state index contributed by atoms with van der Waals surface area (Å²) < 4.78 is 0. The number of carboxylic acids is 1. The Morgan fingerprint density at radius 1 is 1.00 bits per heavy atom. The molecule has 0 spiro atoms. The molecule has 0 unspecified atom stereocenters. The normalized spacial score (nSPS) is 9.58. The first-order valence-electron chi connectivity index (χ1n) is 7.82. The van der Waals surface area contributed by atoms with Crippen molar-refractivity contribution in [3.8, 4) is 11.1 Å². The van der Waals surface area contributed by atoms with Gasteiger partial charge in [-0.15, -0.1) is 10.1 Å². The predicted molar refractivity (Wildman–Crippen MR) is 95.1 cm³/mol. The molecule has 0 amide bonds. The van der Waals surface area contributed by atoms with Gasteiger partial charge >= 0.3 is 5.97 Å². The van der Waals surface area contributed by atoms with Crippen LogP contribution >= 0.6 is 0 Å². The Morgan fingerprint density at radius 2 is 1.58 bits per heavy atom. The van der Waals surface area contributed by atoms with E-state index in [1.807, 2.05) is 42.5 Å². The van der Waals surface area contributed by atoms with Gasteiger partial charge in [-0.3, -0.25) is 9.59 Å². The molecule has 0 aliphatic heterocycles. The summed E-state index contributed by atoms with van der Waals surface area (Å²) in [5, 5.41) is 17.0. The van der Waals surface area contributed by atoms with E-state index in [2.05, 4.69) is 4.84 Å². The highest BCUT2D eigenvalue weighted by atomic mass is 16.9. The molecule has 26 heavy (non-hydrogen) atoms. The molecule has 0 aromatic heterocycles. The molecule has 0 heterocycles. The molecular weight excluding hydrogens is 340 g/mol. The maximum absolute atomic E-state index is 11.7. The fourth-order valence-corrected chi connectivity index (χ4v) is 1.97. The molecule has 2 aromatic carbocycles. The lowest BCUT2D eigenvalue weighted by atomic mass is 10.0. The van der Waals surface area contributed by atoms with Crippen LogP contribution in [0, 0.1) is 10.1 Å². The number of carbonyl (C=O) groups excluding carboxylic acids is 1. The first-order chi connectivity index (χ1) is 12.4. The second-order valence-electron chi connectivity index (χ2n) is 5.11. The van der Waals surface area contributed by atoms with Gasteiger partial charge < -0.3 is 15.7 Å². The topological polar surface area (TPSA) is 133 Å². The summed E-state index contributed by atoms with van der Waals surface area (Å²) in [5.41, 5.74) is 7.53. The van der Waals surface area contributed by atoms with Gasteiger partial charge in [0.05, 0.1) is 6.42 Å². The maximum atomic E-state index is 11.7. The Hall–Kier alpha value is -3.26. The van der Waals surface area contributed by atoms with Crippen LogP contribution in [0.5, 0.6) is 0 Å². The number of hydrogen-bond donors (Lipinski definition) is 2. The molecule has 0 fully saturated rings. The van der Waals surface area contributed by atoms with E-state index in [-0.39, 0.29) is 31.8 Å². The zero-order chi connectivity index (χ0) is 19.4. The molecule has 0 aliphatic rings. The highest BCUT2D eigenvalue weighted by Gasteiger charge is 2.08. The zero-order valence-electron chi connectivity index (χ0n) is 14.0. The van der Waals surface area contributed by atoms with Crippen LogP contribution in [0.4, 0.5) is 0 Å². The summed E-state index contributed by atoms with van der Waals surface area (Å²) in [6.45, 7) is 0.161. The molecule has 0 bridgehead atoms. The summed E-state index contributed by atoms with van der Waals surface area (Å²) in [6.07, 6.45) is -0.0840.